The van der Waals surface area contributed by atoms with E-state index in [2.05, 4.69) is 0 Å². The summed E-state index contributed by atoms with van der Waals surface area (Å²) in [5.74, 6) is 0.846. The molecular weight excluding hydrogens is 241 g/mol. The van der Waals surface area contributed by atoms with Crippen LogP contribution < -0.4 is 5.73 Å². The zero-order valence-electron chi connectivity index (χ0n) is 7.72. The standard InChI is InChI=1S/C9H11Cl2NOS/c1-13-2-3-14-9-5-7(11)6(10)4-8(9)12/h4-5H,2-3,12H2,1H3. The Morgan fingerprint density at radius 3 is 2.64 bits per heavy atom. The lowest BCUT2D eigenvalue weighted by molar-refractivity contribution is 0.218. The zero-order chi connectivity index (χ0) is 10.6. The molecule has 0 aliphatic heterocycles. The SMILES string of the molecule is COCCSc1cc(Cl)c(Cl)cc1N. The first-order valence-electron chi connectivity index (χ1n) is 4.01. The van der Waals surface area contributed by atoms with Crippen LogP contribution in [-0.4, -0.2) is 19.5 Å². The van der Waals surface area contributed by atoms with E-state index in [1.807, 2.05) is 0 Å². The average Bonchev–Trinajstić information content (AvgIpc) is 2.14. The van der Waals surface area contributed by atoms with Crippen molar-refractivity contribution in [2.24, 2.45) is 0 Å². The van der Waals surface area contributed by atoms with Crippen LogP contribution in [0.4, 0.5) is 5.69 Å². The maximum atomic E-state index is 5.87. The van der Waals surface area contributed by atoms with Crippen LogP contribution in [0.1, 0.15) is 0 Å². The van der Waals surface area contributed by atoms with Crippen molar-refractivity contribution in [3.63, 3.8) is 0 Å². The molecule has 1 aromatic carbocycles. The largest absolute Gasteiger partial charge is 0.398 e. The van der Waals surface area contributed by atoms with Crippen molar-refractivity contribution in [3.8, 4) is 0 Å². The number of rotatable bonds is 4. The normalized spacial score (nSPS) is 10.5. The number of ether oxygens (including phenoxy) is 1. The third-order valence-electron chi connectivity index (χ3n) is 1.60. The highest BCUT2D eigenvalue weighted by Gasteiger charge is 2.05. The summed E-state index contributed by atoms with van der Waals surface area (Å²) in [5, 5.41) is 1.01. The van der Waals surface area contributed by atoms with E-state index in [0.717, 1.165) is 10.6 Å². The maximum Gasteiger partial charge on any atom is 0.0613 e. The fourth-order valence-corrected chi connectivity index (χ4v) is 2.20. The molecule has 0 amide bonds. The van der Waals surface area contributed by atoms with Gasteiger partial charge in [-0.3, -0.25) is 0 Å². The summed E-state index contributed by atoms with van der Waals surface area (Å²) in [6.07, 6.45) is 0. The Bertz CT molecular complexity index is 320. The van der Waals surface area contributed by atoms with Crippen molar-refractivity contribution < 1.29 is 4.74 Å². The van der Waals surface area contributed by atoms with Gasteiger partial charge in [0.25, 0.3) is 0 Å². The maximum absolute atomic E-state index is 5.87. The highest BCUT2D eigenvalue weighted by atomic mass is 35.5. The summed E-state index contributed by atoms with van der Waals surface area (Å²) in [6.45, 7) is 0.685. The number of hydrogen-bond acceptors (Lipinski definition) is 3. The molecule has 0 fully saturated rings. The van der Waals surface area contributed by atoms with E-state index < -0.39 is 0 Å². The molecule has 0 heterocycles. The second-order valence-corrected chi connectivity index (χ2v) is 4.60. The minimum Gasteiger partial charge on any atom is -0.398 e. The lowest BCUT2D eigenvalue weighted by atomic mass is 10.3. The minimum absolute atomic E-state index is 0.486. The molecule has 0 aromatic heterocycles. The highest BCUT2D eigenvalue weighted by Crippen LogP contribution is 2.33. The second kappa shape index (κ2) is 5.71. The second-order valence-electron chi connectivity index (χ2n) is 2.65. The van der Waals surface area contributed by atoms with Gasteiger partial charge in [0.1, 0.15) is 0 Å². The number of methoxy groups -OCH3 is 1. The zero-order valence-corrected chi connectivity index (χ0v) is 10.0. The quantitative estimate of drug-likeness (QED) is 0.507. The Kier molecular flexibility index (Phi) is 4.89. The first kappa shape index (κ1) is 12.0. The van der Waals surface area contributed by atoms with Gasteiger partial charge < -0.3 is 10.5 Å². The fourth-order valence-electron chi connectivity index (χ4n) is 0.904. The van der Waals surface area contributed by atoms with Crippen LogP contribution in [0.5, 0.6) is 0 Å². The van der Waals surface area contributed by atoms with E-state index in [4.69, 9.17) is 33.7 Å². The van der Waals surface area contributed by atoms with Crippen LogP contribution in [-0.2, 0) is 4.74 Å². The molecule has 5 heteroatoms. The van der Waals surface area contributed by atoms with E-state index in [1.165, 1.54) is 0 Å². The molecule has 0 aliphatic carbocycles. The van der Waals surface area contributed by atoms with Gasteiger partial charge >= 0.3 is 0 Å². The van der Waals surface area contributed by atoms with Crippen molar-refractivity contribution in [2.75, 3.05) is 25.2 Å². The fraction of sp³-hybridized carbons (Fsp3) is 0.333. The van der Waals surface area contributed by atoms with Crippen LogP contribution in [0.25, 0.3) is 0 Å². The molecule has 2 N–H and O–H groups in total. The van der Waals surface area contributed by atoms with Crippen LogP contribution in [0.2, 0.25) is 10.0 Å². The molecule has 0 spiro atoms. The molecule has 0 radical (unpaired) electrons. The molecule has 0 saturated heterocycles. The van der Waals surface area contributed by atoms with Crippen LogP contribution in [0, 0.1) is 0 Å². The van der Waals surface area contributed by atoms with Gasteiger partial charge in [0.05, 0.1) is 16.7 Å². The topological polar surface area (TPSA) is 35.2 Å². The molecule has 0 atom stereocenters. The van der Waals surface area contributed by atoms with Gasteiger partial charge in [0.15, 0.2) is 0 Å². The lowest BCUT2D eigenvalue weighted by Gasteiger charge is -2.06. The monoisotopic (exact) mass is 251 g/mol. The Hall–Kier alpha value is -0.0900. The Balaban J connectivity index is 2.72. The summed E-state index contributed by atoms with van der Waals surface area (Å²) >= 11 is 13.3. The predicted octanol–water partition coefficient (Wildman–Crippen LogP) is 3.31. The molecule has 1 aromatic rings. The Labute approximate surface area is 97.7 Å². The van der Waals surface area contributed by atoms with E-state index in [-0.39, 0.29) is 0 Å². The van der Waals surface area contributed by atoms with E-state index in [1.54, 1.807) is 31.0 Å². The van der Waals surface area contributed by atoms with Crippen LogP contribution in [0.15, 0.2) is 17.0 Å². The molecule has 0 unspecified atom stereocenters. The Morgan fingerprint density at radius 2 is 2.00 bits per heavy atom. The number of nitrogen functional groups attached to an aromatic ring is 1. The summed E-state index contributed by atoms with van der Waals surface area (Å²) in [5.41, 5.74) is 6.42. The summed E-state index contributed by atoms with van der Waals surface area (Å²) in [4.78, 5) is 0.941. The number of anilines is 1. The first-order chi connectivity index (χ1) is 6.65. The molecule has 78 valence electrons. The minimum atomic E-state index is 0.486. The number of halogens is 2. The predicted molar refractivity (Wildman–Crippen MR) is 63.5 cm³/mol. The van der Waals surface area contributed by atoms with Crippen LogP contribution >= 0.6 is 35.0 Å². The van der Waals surface area contributed by atoms with Gasteiger partial charge in [-0.1, -0.05) is 23.2 Å². The van der Waals surface area contributed by atoms with Crippen molar-refractivity contribution >= 4 is 40.7 Å². The van der Waals surface area contributed by atoms with Crippen molar-refractivity contribution in [1.29, 1.82) is 0 Å². The first-order valence-corrected chi connectivity index (χ1v) is 5.75. The van der Waals surface area contributed by atoms with E-state index in [9.17, 15) is 0 Å². The van der Waals surface area contributed by atoms with E-state index >= 15 is 0 Å². The molecule has 0 saturated carbocycles. The molecule has 2 nitrogen and oxygen atoms in total. The van der Waals surface area contributed by atoms with Gasteiger partial charge in [0, 0.05) is 23.4 Å². The third kappa shape index (κ3) is 3.24. The summed E-state index contributed by atoms with van der Waals surface area (Å²) < 4.78 is 4.94. The summed E-state index contributed by atoms with van der Waals surface area (Å²) in [6, 6.07) is 3.44. The van der Waals surface area contributed by atoms with Gasteiger partial charge in [-0.05, 0) is 12.1 Å². The molecule has 0 aliphatic rings. The van der Waals surface area contributed by atoms with Crippen LogP contribution in [0.3, 0.4) is 0 Å². The molecule has 0 bridgehead atoms. The van der Waals surface area contributed by atoms with E-state index in [0.29, 0.717) is 22.3 Å². The highest BCUT2D eigenvalue weighted by molar-refractivity contribution is 7.99. The van der Waals surface area contributed by atoms with Crippen molar-refractivity contribution in [2.45, 2.75) is 4.90 Å². The van der Waals surface area contributed by atoms with Crippen molar-refractivity contribution in [3.05, 3.63) is 22.2 Å². The molecule has 14 heavy (non-hydrogen) atoms. The Morgan fingerprint density at radius 1 is 1.36 bits per heavy atom. The average molecular weight is 252 g/mol. The smallest absolute Gasteiger partial charge is 0.0613 e. The number of benzene rings is 1. The van der Waals surface area contributed by atoms with Gasteiger partial charge in [-0.15, -0.1) is 11.8 Å². The third-order valence-corrected chi connectivity index (χ3v) is 3.36. The van der Waals surface area contributed by atoms with Crippen molar-refractivity contribution in [1.82, 2.24) is 0 Å². The van der Waals surface area contributed by atoms with Gasteiger partial charge in [0.2, 0.25) is 0 Å². The summed E-state index contributed by atoms with van der Waals surface area (Å²) in [7, 11) is 1.67. The van der Waals surface area contributed by atoms with Gasteiger partial charge in [-0.2, -0.15) is 0 Å². The lowest BCUT2D eigenvalue weighted by Crippen LogP contribution is -1.94. The molecule has 1 rings (SSSR count). The number of thioether (sulfide) groups is 1. The number of hydrogen-bond donors (Lipinski definition) is 1. The number of nitrogens with two attached hydrogens (primary N) is 1. The van der Waals surface area contributed by atoms with Gasteiger partial charge in [-0.25, -0.2) is 0 Å². The molecular formula is C9H11Cl2NOS.